The van der Waals surface area contributed by atoms with Crippen LogP contribution in [0.4, 0.5) is 0 Å². The van der Waals surface area contributed by atoms with Gasteiger partial charge in [0.2, 0.25) is 5.91 Å². The fraction of sp³-hybridized carbons (Fsp3) is 0.200. The molecule has 144 valence electrons. The monoisotopic (exact) mass is 383 g/mol. The maximum Gasteiger partial charge on any atom is 0.337 e. The van der Waals surface area contributed by atoms with E-state index in [4.69, 9.17) is 4.74 Å². The maximum absolute atomic E-state index is 13.5. The van der Waals surface area contributed by atoms with E-state index in [1.807, 2.05) is 91.0 Å². The van der Waals surface area contributed by atoms with Crippen molar-refractivity contribution in [1.82, 2.24) is 4.90 Å². The fourth-order valence-electron chi connectivity index (χ4n) is 4.90. The molecule has 2 aliphatic rings. The summed E-state index contributed by atoms with van der Waals surface area (Å²) in [4.78, 5) is 28.7. The second-order valence-electron chi connectivity index (χ2n) is 7.59. The highest BCUT2D eigenvalue weighted by atomic mass is 16.5. The SMILES string of the molecule is O=C1C[C@H](c2ccccc2)[C@@]2(c3ccccc3)C(=O)OC[C@@H](c3ccccc3)N12. The zero-order valence-corrected chi connectivity index (χ0v) is 15.9. The molecule has 0 N–H and O–H groups in total. The minimum atomic E-state index is -1.17. The number of ether oxygens (including phenoxy) is 1. The molecule has 0 radical (unpaired) electrons. The third-order valence-corrected chi connectivity index (χ3v) is 6.13. The number of fused-ring (bicyclic) bond motifs is 1. The number of benzene rings is 3. The van der Waals surface area contributed by atoms with Crippen molar-refractivity contribution in [2.24, 2.45) is 0 Å². The summed E-state index contributed by atoms with van der Waals surface area (Å²) in [6.07, 6.45) is 0.275. The predicted molar refractivity (Wildman–Crippen MR) is 109 cm³/mol. The molecule has 2 aliphatic heterocycles. The normalized spacial score (nSPS) is 26.1. The van der Waals surface area contributed by atoms with E-state index in [0.29, 0.717) is 0 Å². The number of esters is 1. The van der Waals surface area contributed by atoms with Gasteiger partial charge < -0.3 is 9.64 Å². The highest BCUT2D eigenvalue weighted by molar-refractivity contribution is 5.96. The zero-order chi connectivity index (χ0) is 19.8. The summed E-state index contributed by atoms with van der Waals surface area (Å²) in [6, 6.07) is 28.9. The van der Waals surface area contributed by atoms with Gasteiger partial charge in [-0.05, 0) is 16.7 Å². The second kappa shape index (κ2) is 6.89. The van der Waals surface area contributed by atoms with Gasteiger partial charge in [0.15, 0.2) is 5.54 Å². The number of carbonyl (C=O) groups is 2. The number of cyclic esters (lactones) is 1. The molecule has 1 amide bonds. The lowest BCUT2D eigenvalue weighted by atomic mass is 9.73. The number of amides is 1. The lowest BCUT2D eigenvalue weighted by Gasteiger charge is -2.47. The number of nitrogens with zero attached hydrogens (tertiary/aromatic N) is 1. The molecule has 5 rings (SSSR count). The minimum absolute atomic E-state index is 0.0202. The summed E-state index contributed by atoms with van der Waals surface area (Å²) in [5, 5.41) is 0. The first-order valence-electron chi connectivity index (χ1n) is 9.87. The molecular formula is C25H21NO3. The summed E-state index contributed by atoms with van der Waals surface area (Å²) >= 11 is 0. The van der Waals surface area contributed by atoms with Crippen LogP contribution in [0.15, 0.2) is 91.0 Å². The second-order valence-corrected chi connectivity index (χ2v) is 7.59. The topological polar surface area (TPSA) is 46.6 Å². The Morgan fingerprint density at radius 1 is 0.759 bits per heavy atom. The van der Waals surface area contributed by atoms with Crippen LogP contribution in [0.3, 0.4) is 0 Å². The van der Waals surface area contributed by atoms with Crippen LogP contribution >= 0.6 is 0 Å². The first-order valence-corrected chi connectivity index (χ1v) is 9.87. The molecule has 0 spiro atoms. The molecule has 0 unspecified atom stereocenters. The molecule has 0 saturated carbocycles. The van der Waals surface area contributed by atoms with E-state index < -0.39 is 5.54 Å². The first kappa shape index (κ1) is 17.7. The van der Waals surface area contributed by atoms with Gasteiger partial charge in [0.05, 0.1) is 6.04 Å². The Balaban J connectivity index is 1.75. The average molecular weight is 383 g/mol. The van der Waals surface area contributed by atoms with Gasteiger partial charge in [0, 0.05) is 12.3 Å². The molecule has 3 atom stereocenters. The lowest BCUT2D eigenvalue weighted by molar-refractivity contribution is -0.179. The van der Waals surface area contributed by atoms with E-state index in [-0.39, 0.29) is 36.9 Å². The van der Waals surface area contributed by atoms with Gasteiger partial charge >= 0.3 is 5.97 Å². The third-order valence-electron chi connectivity index (χ3n) is 6.13. The Morgan fingerprint density at radius 2 is 1.31 bits per heavy atom. The smallest absolute Gasteiger partial charge is 0.337 e. The van der Waals surface area contributed by atoms with E-state index in [1.54, 1.807) is 4.90 Å². The van der Waals surface area contributed by atoms with E-state index in [9.17, 15) is 9.59 Å². The molecule has 2 heterocycles. The Kier molecular flexibility index (Phi) is 4.20. The van der Waals surface area contributed by atoms with Crippen LogP contribution in [0.5, 0.6) is 0 Å². The van der Waals surface area contributed by atoms with Crippen LogP contribution in [0.25, 0.3) is 0 Å². The maximum atomic E-state index is 13.5. The number of carbonyl (C=O) groups excluding carboxylic acids is 2. The molecule has 0 aliphatic carbocycles. The zero-order valence-electron chi connectivity index (χ0n) is 15.9. The van der Waals surface area contributed by atoms with Gasteiger partial charge in [0.1, 0.15) is 6.61 Å². The molecule has 2 fully saturated rings. The summed E-state index contributed by atoms with van der Waals surface area (Å²) in [5.41, 5.74) is 1.57. The van der Waals surface area contributed by atoms with Crippen LogP contribution in [0.1, 0.15) is 35.1 Å². The Bertz CT molecular complexity index is 1040. The van der Waals surface area contributed by atoms with E-state index in [0.717, 1.165) is 16.7 Å². The Morgan fingerprint density at radius 3 is 1.93 bits per heavy atom. The molecule has 4 nitrogen and oxygen atoms in total. The molecule has 0 bridgehead atoms. The van der Waals surface area contributed by atoms with Gasteiger partial charge in [-0.25, -0.2) is 4.79 Å². The fourth-order valence-corrected chi connectivity index (χ4v) is 4.90. The van der Waals surface area contributed by atoms with Crippen LogP contribution < -0.4 is 0 Å². The van der Waals surface area contributed by atoms with Crippen LogP contribution in [-0.4, -0.2) is 23.4 Å². The van der Waals surface area contributed by atoms with Gasteiger partial charge in [-0.2, -0.15) is 0 Å². The van der Waals surface area contributed by atoms with Crippen molar-refractivity contribution < 1.29 is 14.3 Å². The largest absolute Gasteiger partial charge is 0.461 e. The van der Waals surface area contributed by atoms with Crippen molar-refractivity contribution in [3.63, 3.8) is 0 Å². The molecule has 29 heavy (non-hydrogen) atoms. The predicted octanol–water partition coefficient (Wildman–Crippen LogP) is 4.20. The van der Waals surface area contributed by atoms with E-state index in [1.165, 1.54) is 0 Å². The number of rotatable bonds is 3. The number of hydrogen-bond donors (Lipinski definition) is 0. The van der Waals surface area contributed by atoms with Crippen molar-refractivity contribution >= 4 is 11.9 Å². The summed E-state index contributed by atoms with van der Waals surface area (Å²) in [6.45, 7) is 0.171. The molecule has 0 aromatic heterocycles. The summed E-state index contributed by atoms with van der Waals surface area (Å²) in [7, 11) is 0. The summed E-state index contributed by atoms with van der Waals surface area (Å²) in [5.74, 6) is -0.679. The Labute approximate surface area is 169 Å². The van der Waals surface area contributed by atoms with Gasteiger partial charge in [-0.15, -0.1) is 0 Å². The Hall–Kier alpha value is -3.40. The van der Waals surface area contributed by atoms with Crippen LogP contribution in [0.2, 0.25) is 0 Å². The van der Waals surface area contributed by atoms with E-state index >= 15 is 0 Å². The van der Waals surface area contributed by atoms with Crippen LogP contribution in [-0.2, 0) is 19.9 Å². The molecular weight excluding hydrogens is 362 g/mol. The molecule has 2 saturated heterocycles. The number of morpholine rings is 1. The highest BCUT2D eigenvalue weighted by Gasteiger charge is 2.64. The third kappa shape index (κ3) is 2.59. The van der Waals surface area contributed by atoms with Crippen LogP contribution in [0, 0.1) is 0 Å². The lowest BCUT2D eigenvalue weighted by Crippen LogP contribution is -2.58. The van der Waals surface area contributed by atoms with Crippen molar-refractivity contribution in [3.05, 3.63) is 108 Å². The highest BCUT2D eigenvalue weighted by Crippen LogP contribution is 2.55. The van der Waals surface area contributed by atoms with Crippen molar-refractivity contribution in [1.29, 1.82) is 0 Å². The molecule has 3 aromatic rings. The average Bonchev–Trinajstić information content (AvgIpc) is 3.11. The minimum Gasteiger partial charge on any atom is -0.461 e. The molecule has 3 aromatic carbocycles. The summed E-state index contributed by atoms with van der Waals surface area (Å²) < 4.78 is 5.78. The van der Waals surface area contributed by atoms with Gasteiger partial charge in [0.25, 0.3) is 0 Å². The van der Waals surface area contributed by atoms with Crippen molar-refractivity contribution in [2.45, 2.75) is 23.9 Å². The molecule has 4 heteroatoms. The number of hydrogen-bond acceptors (Lipinski definition) is 3. The quantitative estimate of drug-likeness (QED) is 0.637. The van der Waals surface area contributed by atoms with Crippen molar-refractivity contribution in [3.8, 4) is 0 Å². The van der Waals surface area contributed by atoms with E-state index in [2.05, 4.69) is 0 Å². The van der Waals surface area contributed by atoms with Gasteiger partial charge in [-0.3, -0.25) is 4.79 Å². The first-order chi connectivity index (χ1) is 14.2. The van der Waals surface area contributed by atoms with Crippen molar-refractivity contribution in [2.75, 3.05) is 6.61 Å². The standard InChI is InChI=1S/C25H21NO3/c27-23-16-21(18-10-4-1-5-11-18)25(20-14-8-3-9-15-20)24(28)29-17-22(26(23)25)19-12-6-2-7-13-19/h1-15,21-22H,16-17H2/t21-,22+,25+/m1/s1. The van der Waals surface area contributed by atoms with Gasteiger partial charge in [-0.1, -0.05) is 91.0 Å².